The third-order valence-electron chi connectivity index (χ3n) is 2.91. The molecule has 6 nitrogen and oxygen atoms in total. The van der Waals surface area contributed by atoms with Crippen molar-refractivity contribution in [1.82, 2.24) is 10.6 Å². The van der Waals surface area contributed by atoms with Crippen molar-refractivity contribution >= 4 is 17.7 Å². The molecule has 0 radical (unpaired) electrons. The van der Waals surface area contributed by atoms with Gasteiger partial charge in [0.05, 0.1) is 13.0 Å². The second-order valence-corrected chi connectivity index (χ2v) is 5.14. The van der Waals surface area contributed by atoms with Crippen molar-refractivity contribution < 1.29 is 14.4 Å². The highest BCUT2D eigenvalue weighted by Gasteiger charge is 2.24. The molecule has 0 saturated carbocycles. The average molecular weight is 291 g/mol. The predicted octanol–water partition coefficient (Wildman–Crippen LogP) is -0.0286. The van der Waals surface area contributed by atoms with Crippen molar-refractivity contribution in [3.8, 4) is 0 Å². The summed E-state index contributed by atoms with van der Waals surface area (Å²) in [4.78, 5) is 34.6. The Morgan fingerprint density at radius 1 is 1.14 bits per heavy atom. The number of nitrogens with two attached hydrogens (primary N) is 1. The zero-order chi connectivity index (χ0) is 15.8. The summed E-state index contributed by atoms with van der Waals surface area (Å²) >= 11 is 0. The predicted molar refractivity (Wildman–Crippen MR) is 79.1 cm³/mol. The standard InChI is InChI=1S/C15H21N3O3/c1-10(2)14(15(21)17-9-12(16)19)18-13(20)8-11-6-4-3-5-7-11/h3-7,10,14H,8-9H2,1-2H3,(H2,16,19)(H,17,21)(H,18,20)/t14-/m0/s1. The largest absolute Gasteiger partial charge is 0.368 e. The van der Waals surface area contributed by atoms with E-state index in [0.717, 1.165) is 5.56 Å². The van der Waals surface area contributed by atoms with Crippen LogP contribution in [0.25, 0.3) is 0 Å². The van der Waals surface area contributed by atoms with E-state index in [1.54, 1.807) is 0 Å². The first-order valence-electron chi connectivity index (χ1n) is 6.79. The summed E-state index contributed by atoms with van der Waals surface area (Å²) in [5, 5.41) is 5.09. The molecule has 0 aliphatic rings. The highest BCUT2D eigenvalue weighted by Crippen LogP contribution is 2.04. The van der Waals surface area contributed by atoms with E-state index < -0.39 is 17.9 Å². The molecule has 3 amide bonds. The molecule has 0 heterocycles. The third kappa shape index (κ3) is 6.07. The number of primary amides is 1. The Labute approximate surface area is 124 Å². The highest BCUT2D eigenvalue weighted by molar-refractivity contribution is 5.90. The number of carbonyl (C=O) groups excluding carboxylic acids is 3. The van der Waals surface area contributed by atoms with Gasteiger partial charge in [-0.1, -0.05) is 44.2 Å². The molecule has 0 spiro atoms. The lowest BCUT2D eigenvalue weighted by Gasteiger charge is -2.21. The van der Waals surface area contributed by atoms with Crippen molar-refractivity contribution in [3.63, 3.8) is 0 Å². The van der Waals surface area contributed by atoms with Crippen LogP contribution in [-0.2, 0) is 20.8 Å². The molecule has 1 atom stereocenters. The van der Waals surface area contributed by atoms with Crippen LogP contribution in [0.4, 0.5) is 0 Å². The van der Waals surface area contributed by atoms with Crippen LogP contribution in [0.3, 0.4) is 0 Å². The molecular weight excluding hydrogens is 270 g/mol. The first-order chi connectivity index (χ1) is 9.90. The van der Waals surface area contributed by atoms with E-state index >= 15 is 0 Å². The van der Waals surface area contributed by atoms with E-state index in [4.69, 9.17) is 5.73 Å². The van der Waals surface area contributed by atoms with Crippen LogP contribution in [0.5, 0.6) is 0 Å². The Hall–Kier alpha value is -2.37. The van der Waals surface area contributed by atoms with E-state index in [2.05, 4.69) is 10.6 Å². The van der Waals surface area contributed by atoms with Gasteiger partial charge in [0, 0.05) is 0 Å². The second-order valence-electron chi connectivity index (χ2n) is 5.14. The van der Waals surface area contributed by atoms with Gasteiger partial charge >= 0.3 is 0 Å². The third-order valence-corrected chi connectivity index (χ3v) is 2.91. The molecule has 0 fully saturated rings. The normalized spacial score (nSPS) is 11.8. The number of benzene rings is 1. The SMILES string of the molecule is CC(C)[C@H](NC(=O)Cc1ccccc1)C(=O)NCC(N)=O. The van der Waals surface area contributed by atoms with Crippen LogP contribution in [-0.4, -0.2) is 30.3 Å². The molecule has 0 aromatic heterocycles. The Balaban J connectivity index is 2.59. The molecular formula is C15H21N3O3. The summed E-state index contributed by atoms with van der Waals surface area (Å²) in [5.41, 5.74) is 5.85. The maximum Gasteiger partial charge on any atom is 0.243 e. The number of carbonyl (C=O) groups is 3. The zero-order valence-corrected chi connectivity index (χ0v) is 12.3. The van der Waals surface area contributed by atoms with Crippen LogP contribution in [0.2, 0.25) is 0 Å². The lowest BCUT2D eigenvalue weighted by atomic mass is 10.0. The summed E-state index contributed by atoms with van der Waals surface area (Å²) in [7, 11) is 0. The quantitative estimate of drug-likeness (QED) is 0.657. The Bertz CT molecular complexity index is 500. The monoisotopic (exact) mass is 291 g/mol. The molecule has 0 unspecified atom stereocenters. The van der Waals surface area contributed by atoms with Crippen molar-refractivity contribution in [1.29, 1.82) is 0 Å². The van der Waals surface area contributed by atoms with E-state index in [0.29, 0.717) is 0 Å². The van der Waals surface area contributed by atoms with Crippen LogP contribution in [0.15, 0.2) is 30.3 Å². The minimum atomic E-state index is -0.694. The van der Waals surface area contributed by atoms with Gasteiger partial charge in [-0.05, 0) is 11.5 Å². The summed E-state index contributed by atoms with van der Waals surface area (Å²) in [6.45, 7) is 3.39. The van der Waals surface area contributed by atoms with Gasteiger partial charge in [0.15, 0.2) is 0 Å². The fraction of sp³-hybridized carbons (Fsp3) is 0.400. The zero-order valence-electron chi connectivity index (χ0n) is 12.3. The molecule has 6 heteroatoms. The van der Waals surface area contributed by atoms with Gasteiger partial charge in [-0.2, -0.15) is 0 Å². The summed E-state index contributed by atoms with van der Waals surface area (Å²) in [6, 6.07) is 8.56. The Morgan fingerprint density at radius 2 is 1.76 bits per heavy atom. The molecule has 0 aliphatic heterocycles. The molecule has 0 aliphatic carbocycles. The molecule has 114 valence electrons. The Morgan fingerprint density at radius 3 is 2.29 bits per heavy atom. The van der Waals surface area contributed by atoms with Gasteiger partial charge in [-0.3, -0.25) is 14.4 Å². The second kappa shape index (κ2) is 8.04. The van der Waals surface area contributed by atoms with Crippen molar-refractivity contribution in [2.45, 2.75) is 26.3 Å². The molecule has 4 N–H and O–H groups in total. The maximum atomic E-state index is 12.0. The van der Waals surface area contributed by atoms with Gasteiger partial charge in [0.2, 0.25) is 17.7 Å². The number of rotatable bonds is 7. The van der Waals surface area contributed by atoms with E-state index in [1.165, 1.54) is 0 Å². The van der Waals surface area contributed by atoms with Gasteiger partial charge in [-0.25, -0.2) is 0 Å². The summed E-state index contributed by atoms with van der Waals surface area (Å²) in [6.07, 6.45) is 0.202. The summed E-state index contributed by atoms with van der Waals surface area (Å²) < 4.78 is 0. The number of amides is 3. The Kier molecular flexibility index (Phi) is 6.39. The smallest absolute Gasteiger partial charge is 0.243 e. The van der Waals surface area contributed by atoms with Crippen molar-refractivity contribution in [2.75, 3.05) is 6.54 Å². The van der Waals surface area contributed by atoms with Crippen LogP contribution < -0.4 is 16.4 Å². The first kappa shape index (κ1) is 16.7. The van der Waals surface area contributed by atoms with Gasteiger partial charge in [-0.15, -0.1) is 0 Å². The minimum absolute atomic E-state index is 0.0994. The molecule has 1 rings (SSSR count). The van der Waals surface area contributed by atoms with Gasteiger partial charge < -0.3 is 16.4 Å². The average Bonchev–Trinajstić information content (AvgIpc) is 2.43. The lowest BCUT2D eigenvalue weighted by Crippen LogP contribution is -2.51. The maximum absolute atomic E-state index is 12.0. The molecule has 0 saturated heterocycles. The first-order valence-corrected chi connectivity index (χ1v) is 6.79. The topological polar surface area (TPSA) is 101 Å². The highest BCUT2D eigenvalue weighted by atomic mass is 16.2. The summed E-state index contributed by atoms with van der Waals surface area (Å²) in [5.74, 6) is -1.38. The van der Waals surface area contributed by atoms with Gasteiger partial charge in [0.1, 0.15) is 6.04 Å². The fourth-order valence-electron chi connectivity index (χ4n) is 1.82. The van der Waals surface area contributed by atoms with Gasteiger partial charge in [0.25, 0.3) is 0 Å². The van der Waals surface area contributed by atoms with Crippen LogP contribution >= 0.6 is 0 Å². The van der Waals surface area contributed by atoms with E-state index in [9.17, 15) is 14.4 Å². The number of nitrogens with one attached hydrogen (secondary N) is 2. The molecule has 1 aromatic carbocycles. The van der Waals surface area contributed by atoms with E-state index in [-0.39, 0.29) is 24.8 Å². The molecule has 0 bridgehead atoms. The minimum Gasteiger partial charge on any atom is -0.368 e. The number of hydrogen-bond donors (Lipinski definition) is 3. The van der Waals surface area contributed by atoms with Crippen molar-refractivity contribution in [3.05, 3.63) is 35.9 Å². The fourth-order valence-corrected chi connectivity index (χ4v) is 1.82. The lowest BCUT2D eigenvalue weighted by molar-refractivity contribution is -0.130. The van der Waals surface area contributed by atoms with Crippen LogP contribution in [0, 0.1) is 5.92 Å². The van der Waals surface area contributed by atoms with Crippen LogP contribution in [0.1, 0.15) is 19.4 Å². The van der Waals surface area contributed by atoms with E-state index in [1.807, 2.05) is 44.2 Å². The molecule has 1 aromatic rings. The molecule has 21 heavy (non-hydrogen) atoms. The number of hydrogen-bond acceptors (Lipinski definition) is 3. The van der Waals surface area contributed by atoms with Crippen molar-refractivity contribution in [2.24, 2.45) is 11.7 Å².